The summed E-state index contributed by atoms with van der Waals surface area (Å²) in [5.41, 5.74) is 8.94. The highest BCUT2D eigenvalue weighted by Crippen LogP contribution is 2.35. The molecule has 0 bridgehead atoms. The van der Waals surface area contributed by atoms with E-state index in [4.69, 9.17) is 11.6 Å². The summed E-state index contributed by atoms with van der Waals surface area (Å²) in [6.45, 7) is 0.559. The molecule has 2 aromatic carbocycles. The Morgan fingerprint density at radius 2 is 1.87 bits per heavy atom. The lowest BCUT2D eigenvalue weighted by molar-refractivity contribution is -0.133. The van der Waals surface area contributed by atoms with Crippen LogP contribution in [-0.2, 0) is 17.6 Å². The van der Waals surface area contributed by atoms with Crippen molar-refractivity contribution in [2.24, 2.45) is 11.8 Å². The quantitative estimate of drug-likeness (QED) is 0.661. The number of rotatable bonds is 6. The van der Waals surface area contributed by atoms with Crippen molar-refractivity contribution in [2.75, 3.05) is 6.54 Å². The second kappa shape index (κ2) is 9.63. The Labute approximate surface area is 182 Å². The van der Waals surface area contributed by atoms with E-state index in [1.54, 1.807) is 0 Å². The smallest absolute Gasteiger partial charge is 0.251 e. The third kappa shape index (κ3) is 5.02. The predicted octanol–water partition coefficient (Wildman–Crippen LogP) is 3.66. The van der Waals surface area contributed by atoms with Gasteiger partial charge in [0.15, 0.2) is 0 Å². The van der Waals surface area contributed by atoms with Gasteiger partial charge in [-0.2, -0.15) is 0 Å². The van der Waals surface area contributed by atoms with Crippen LogP contribution in [0.4, 0.5) is 0 Å². The Balaban J connectivity index is 1.35. The summed E-state index contributed by atoms with van der Waals surface area (Å²) >= 11 is 6.01. The van der Waals surface area contributed by atoms with Crippen molar-refractivity contribution in [2.45, 2.75) is 44.6 Å². The molecule has 2 fully saturated rings. The number of fused-ring (bicyclic) bond motifs is 1. The molecule has 3 unspecified atom stereocenters. The van der Waals surface area contributed by atoms with E-state index in [1.165, 1.54) is 6.42 Å². The summed E-state index contributed by atoms with van der Waals surface area (Å²) in [5, 5.41) is 3.70. The third-order valence-corrected chi connectivity index (χ3v) is 6.52. The van der Waals surface area contributed by atoms with Crippen LogP contribution in [0.2, 0.25) is 5.02 Å². The molecule has 0 aromatic heterocycles. The van der Waals surface area contributed by atoms with Crippen molar-refractivity contribution in [3.05, 3.63) is 70.2 Å². The van der Waals surface area contributed by atoms with Crippen molar-refractivity contribution < 1.29 is 9.59 Å². The van der Waals surface area contributed by atoms with Gasteiger partial charge in [-0.25, -0.2) is 5.43 Å². The molecule has 1 aliphatic heterocycles. The Morgan fingerprint density at radius 3 is 2.73 bits per heavy atom. The van der Waals surface area contributed by atoms with Crippen LogP contribution in [-0.4, -0.2) is 24.4 Å². The van der Waals surface area contributed by atoms with Gasteiger partial charge in [0.2, 0.25) is 5.91 Å². The molecule has 3 atom stereocenters. The molecule has 2 aromatic rings. The zero-order chi connectivity index (χ0) is 20.9. The Kier molecular flexibility index (Phi) is 6.70. The zero-order valence-electron chi connectivity index (χ0n) is 17.0. The number of nitrogens with one attached hydrogen (secondary N) is 3. The van der Waals surface area contributed by atoms with Gasteiger partial charge in [0.1, 0.15) is 0 Å². The fraction of sp³-hybridized carbons (Fsp3) is 0.417. The SMILES string of the molecule is O=C(NCCc1cccc(Cl)c1)c1cccc(CC2NNC(=O)C3CCCCC23)c1. The van der Waals surface area contributed by atoms with E-state index in [1.807, 2.05) is 42.5 Å². The number of hydrogen-bond donors (Lipinski definition) is 3. The van der Waals surface area contributed by atoms with Crippen molar-refractivity contribution >= 4 is 23.4 Å². The van der Waals surface area contributed by atoms with Crippen LogP contribution in [0.1, 0.15) is 47.2 Å². The Morgan fingerprint density at radius 1 is 1.07 bits per heavy atom. The lowest BCUT2D eigenvalue weighted by Crippen LogP contribution is -2.60. The molecule has 1 heterocycles. The molecule has 2 aliphatic rings. The molecular weight excluding hydrogens is 398 g/mol. The number of carbonyl (C=O) groups is 2. The molecule has 3 N–H and O–H groups in total. The first-order chi connectivity index (χ1) is 14.6. The minimum absolute atomic E-state index is 0.0701. The van der Waals surface area contributed by atoms with Gasteiger partial charge in [0, 0.05) is 29.1 Å². The van der Waals surface area contributed by atoms with Crippen LogP contribution in [0.3, 0.4) is 0 Å². The Hall–Kier alpha value is -2.37. The molecular formula is C24H28ClN3O2. The van der Waals surface area contributed by atoms with E-state index in [2.05, 4.69) is 22.2 Å². The van der Waals surface area contributed by atoms with Crippen molar-refractivity contribution in [1.29, 1.82) is 0 Å². The second-order valence-electron chi connectivity index (χ2n) is 8.34. The fourth-order valence-electron chi connectivity index (χ4n) is 4.74. The normalized spacial score (nSPS) is 23.4. The van der Waals surface area contributed by atoms with E-state index in [9.17, 15) is 9.59 Å². The first-order valence-electron chi connectivity index (χ1n) is 10.8. The monoisotopic (exact) mass is 425 g/mol. The summed E-state index contributed by atoms with van der Waals surface area (Å²) in [6.07, 6.45) is 5.91. The molecule has 1 aliphatic carbocycles. The van der Waals surface area contributed by atoms with Crippen LogP contribution in [0.25, 0.3) is 0 Å². The maximum atomic E-state index is 12.6. The molecule has 1 saturated carbocycles. The van der Waals surface area contributed by atoms with Gasteiger partial charge in [0.05, 0.1) is 0 Å². The summed E-state index contributed by atoms with van der Waals surface area (Å²) in [7, 11) is 0. The molecule has 6 heteroatoms. The number of halogens is 1. The van der Waals surface area contributed by atoms with E-state index in [0.717, 1.165) is 43.2 Å². The maximum Gasteiger partial charge on any atom is 0.251 e. The van der Waals surface area contributed by atoms with Crippen LogP contribution in [0.5, 0.6) is 0 Å². The second-order valence-corrected chi connectivity index (χ2v) is 8.77. The first-order valence-corrected chi connectivity index (χ1v) is 11.1. The van der Waals surface area contributed by atoms with Crippen molar-refractivity contribution in [3.63, 3.8) is 0 Å². The van der Waals surface area contributed by atoms with Crippen LogP contribution < -0.4 is 16.2 Å². The molecule has 4 rings (SSSR count). The zero-order valence-corrected chi connectivity index (χ0v) is 17.8. The van der Waals surface area contributed by atoms with E-state index in [-0.39, 0.29) is 23.8 Å². The number of hydrogen-bond acceptors (Lipinski definition) is 3. The van der Waals surface area contributed by atoms with Crippen LogP contribution >= 0.6 is 11.6 Å². The highest BCUT2D eigenvalue weighted by molar-refractivity contribution is 6.30. The molecule has 0 radical (unpaired) electrons. The number of hydrazine groups is 1. The van der Waals surface area contributed by atoms with Crippen LogP contribution in [0, 0.1) is 11.8 Å². The fourth-order valence-corrected chi connectivity index (χ4v) is 4.95. The lowest BCUT2D eigenvalue weighted by Gasteiger charge is -2.41. The van der Waals surface area contributed by atoms with Gasteiger partial charge in [-0.05, 0) is 67.0 Å². The molecule has 1 saturated heterocycles. The van der Waals surface area contributed by atoms with Gasteiger partial charge >= 0.3 is 0 Å². The Bertz CT molecular complexity index is 917. The van der Waals surface area contributed by atoms with Crippen molar-refractivity contribution in [3.8, 4) is 0 Å². The molecule has 0 spiro atoms. The van der Waals surface area contributed by atoms with Gasteiger partial charge in [-0.1, -0.05) is 48.7 Å². The third-order valence-electron chi connectivity index (χ3n) is 6.29. The minimum Gasteiger partial charge on any atom is -0.352 e. The average Bonchev–Trinajstić information content (AvgIpc) is 2.76. The summed E-state index contributed by atoms with van der Waals surface area (Å²) in [6, 6.07) is 15.7. The van der Waals surface area contributed by atoms with Crippen LogP contribution in [0.15, 0.2) is 48.5 Å². The number of benzene rings is 2. The summed E-state index contributed by atoms with van der Waals surface area (Å²) in [4.78, 5) is 24.8. The van der Waals surface area contributed by atoms with Crippen molar-refractivity contribution in [1.82, 2.24) is 16.2 Å². The average molecular weight is 426 g/mol. The molecule has 5 nitrogen and oxygen atoms in total. The highest BCUT2D eigenvalue weighted by atomic mass is 35.5. The number of amides is 2. The van der Waals surface area contributed by atoms with Gasteiger partial charge in [0.25, 0.3) is 5.91 Å². The van der Waals surface area contributed by atoms with Gasteiger partial charge in [-0.15, -0.1) is 0 Å². The van der Waals surface area contributed by atoms with E-state index < -0.39 is 0 Å². The standard InChI is InChI=1S/C24H28ClN3O2/c25-19-8-4-5-16(14-19)11-12-26-23(29)18-7-3-6-17(13-18)15-22-20-9-1-2-10-21(20)24(30)28-27-22/h3-8,13-14,20-22,27H,1-2,9-12,15H2,(H,26,29)(H,28,30). The van der Waals surface area contributed by atoms with E-state index >= 15 is 0 Å². The summed E-state index contributed by atoms with van der Waals surface area (Å²) < 4.78 is 0. The highest BCUT2D eigenvalue weighted by Gasteiger charge is 2.39. The topological polar surface area (TPSA) is 70.2 Å². The van der Waals surface area contributed by atoms with Gasteiger partial charge in [-0.3, -0.25) is 15.0 Å². The van der Waals surface area contributed by atoms with E-state index in [0.29, 0.717) is 23.0 Å². The lowest BCUT2D eigenvalue weighted by atomic mass is 9.72. The number of carbonyl (C=O) groups excluding carboxylic acids is 2. The molecule has 158 valence electrons. The molecule has 30 heavy (non-hydrogen) atoms. The van der Waals surface area contributed by atoms with Gasteiger partial charge < -0.3 is 5.32 Å². The first kappa shape index (κ1) is 20.9. The maximum absolute atomic E-state index is 12.6. The summed E-state index contributed by atoms with van der Waals surface area (Å²) in [5.74, 6) is 0.536. The largest absolute Gasteiger partial charge is 0.352 e. The molecule has 2 amide bonds. The minimum atomic E-state index is -0.0701. The predicted molar refractivity (Wildman–Crippen MR) is 118 cm³/mol.